The molecule has 2 N–H and O–H groups in total. The minimum Gasteiger partial charge on any atom is -0.354 e. The first-order chi connectivity index (χ1) is 10.1. The Hall–Kier alpha value is -0.410. The summed E-state index contributed by atoms with van der Waals surface area (Å²) in [4.78, 5) is 11.3. The van der Waals surface area contributed by atoms with Crippen molar-refractivity contribution in [3.05, 3.63) is 16.1 Å². The zero-order valence-electron chi connectivity index (χ0n) is 13.9. The van der Waals surface area contributed by atoms with Crippen LogP contribution in [0, 0.1) is 6.92 Å². The monoisotopic (exact) mass is 437 g/mol. The number of thiazole rings is 1. The van der Waals surface area contributed by atoms with Crippen molar-refractivity contribution in [2.45, 2.75) is 52.2 Å². The molecule has 0 amide bonds. The Morgan fingerprint density at radius 2 is 2.14 bits per heavy atom. The Kier molecular flexibility index (Phi) is 8.63. The molecule has 0 radical (unpaired) electrons. The third-order valence-electron chi connectivity index (χ3n) is 3.90. The fraction of sp³-hybridized carbons (Fsp3) is 0.733. The van der Waals surface area contributed by atoms with Gasteiger partial charge < -0.3 is 15.5 Å². The molecule has 22 heavy (non-hydrogen) atoms. The van der Waals surface area contributed by atoms with Crippen LogP contribution in [0.5, 0.6) is 0 Å². The van der Waals surface area contributed by atoms with Crippen molar-refractivity contribution in [3.8, 4) is 0 Å². The van der Waals surface area contributed by atoms with Crippen molar-refractivity contribution in [2.24, 2.45) is 4.99 Å². The van der Waals surface area contributed by atoms with E-state index in [1.165, 1.54) is 12.8 Å². The molecule has 0 bridgehead atoms. The van der Waals surface area contributed by atoms with E-state index in [-0.39, 0.29) is 24.0 Å². The molecule has 1 saturated heterocycles. The zero-order chi connectivity index (χ0) is 15.2. The van der Waals surface area contributed by atoms with Crippen molar-refractivity contribution >= 4 is 41.3 Å². The standard InChI is InChI=1S/C15H27N5S.HI/c1-11(2)20-7-5-13(6-8-20)19-15(16-4)17-9-14-18-12(3)10-21-14;/h10-11,13H,5-9H2,1-4H3,(H2,16,17,19);1H. The van der Waals surface area contributed by atoms with Crippen LogP contribution in [-0.4, -0.2) is 48.1 Å². The zero-order valence-corrected chi connectivity index (χ0v) is 17.1. The smallest absolute Gasteiger partial charge is 0.191 e. The maximum atomic E-state index is 4.46. The summed E-state index contributed by atoms with van der Waals surface area (Å²) in [6, 6.07) is 1.17. The van der Waals surface area contributed by atoms with E-state index in [2.05, 4.69) is 44.7 Å². The third kappa shape index (κ3) is 6.00. The predicted molar refractivity (Wildman–Crippen MR) is 105 cm³/mol. The second-order valence-corrected chi connectivity index (χ2v) is 6.80. The van der Waals surface area contributed by atoms with Crippen LogP contribution in [0.2, 0.25) is 0 Å². The van der Waals surface area contributed by atoms with E-state index < -0.39 is 0 Å². The number of aryl methyl sites for hydroxylation is 1. The van der Waals surface area contributed by atoms with Crippen LogP contribution < -0.4 is 10.6 Å². The van der Waals surface area contributed by atoms with Crippen LogP contribution in [0.1, 0.15) is 37.4 Å². The van der Waals surface area contributed by atoms with E-state index in [0.29, 0.717) is 12.1 Å². The van der Waals surface area contributed by atoms with E-state index in [1.54, 1.807) is 11.3 Å². The Morgan fingerprint density at radius 3 is 2.64 bits per heavy atom. The highest BCUT2D eigenvalue weighted by Crippen LogP contribution is 2.13. The second kappa shape index (κ2) is 9.67. The number of nitrogens with one attached hydrogen (secondary N) is 2. The maximum Gasteiger partial charge on any atom is 0.191 e. The summed E-state index contributed by atoms with van der Waals surface area (Å²) >= 11 is 1.69. The molecule has 0 aromatic carbocycles. The van der Waals surface area contributed by atoms with Gasteiger partial charge in [0.15, 0.2) is 5.96 Å². The normalized spacial score (nSPS) is 17.4. The van der Waals surface area contributed by atoms with Gasteiger partial charge in [-0.1, -0.05) is 0 Å². The van der Waals surface area contributed by atoms with Gasteiger partial charge in [-0.25, -0.2) is 4.98 Å². The number of hydrogen-bond donors (Lipinski definition) is 2. The van der Waals surface area contributed by atoms with Gasteiger partial charge in [0, 0.05) is 43.3 Å². The lowest BCUT2D eigenvalue weighted by Crippen LogP contribution is -2.49. The Balaban J connectivity index is 0.00000242. The number of hydrogen-bond acceptors (Lipinski definition) is 4. The number of aromatic nitrogens is 1. The minimum absolute atomic E-state index is 0. The molecule has 0 aliphatic carbocycles. The number of aliphatic imine (C=N–C) groups is 1. The summed E-state index contributed by atoms with van der Waals surface area (Å²) in [7, 11) is 1.83. The molecule has 0 atom stereocenters. The number of guanidine groups is 1. The largest absolute Gasteiger partial charge is 0.354 e. The van der Waals surface area contributed by atoms with Crippen LogP contribution in [0.25, 0.3) is 0 Å². The van der Waals surface area contributed by atoms with Gasteiger partial charge in [0.25, 0.3) is 0 Å². The summed E-state index contributed by atoms with van der Waals surface area (Å²) in [6.07, 6.45) is 2.35. The molecule has 126 valence electrons. The molecule has 1 aromatic heterocycles. The van der Waals surface area contributed by atoms with Crippen molar-refractivity contribution in [1.82, 2.24) is 20.5 Å². The molecule has 0 spiro atoms. The number of piperidine rings is 1. The van der Waals surface area contributed by atoms with E-state index in [9.17, 15) is 0 Å². The minimum atomic E-state index is 0. The van der Waals surface area contributed by atoms with Crippen LogP contribution in [0.3, 0.4) is 0 Å². The lowest BCUT2D eigenvalue weighted by molar-refractivity contribution is 0.167. The molecule has 1 aromatic rings. The Morgan fingerprint density at radius 1 is 1.45 bits per heavy atom. The summed E-state index contributed by atoms with van der Waals surface area (Å²) in [5.41, 5.74) is 1.08. The van der Waals surface area contributed by atoms with Crippen LogP contribution in [0.4, 0.5) is 0 Å². The topological polar surface area (TPSA) is 52.6 Å². The van der Waals surface area contributed by atoms with Gasteiger partial charge >= 0.3 is 0 Å². The van der Waals surface area contributed by atoms with Crippen LogP contribution in [0.15, 0.2) is 10.4 Å². The lowest BCUT2D eigenvalue weighted by atomic mass is 10.0. The van der Waals surface area contributed by atoms with E-state index in [1.807, 2.05) is 14.0 Å². The first kappa shape index (κ1) is 19.6. The van der Waals surface area contributed by atoms with Gasteiger partial charge in [-0.3, -0.25) is 4.99 Å². The summed E-state index contributed by atoms with van der Waals surface area (Å²) < 4.78 is 0. The second-order valence-electron chi connectivity index (χ2n) is 5.86. The molecule has 1 aliphatic heterocycles. The van der Waals surface area contributed by atoms with E-state index in [0.717, 1.165) is 36.3 Å². The van der Waals surface area contributed by atoms with Gasteiger partial charge in [0.1, 0.15) is 5.01 Å². The number of rotatable bonds is 4. The highest BCUT2D eigenvalue weighted by atomic mass is 127. The van der Waals surface area contributed by atoms with Gasteiger partial charge in [0.2, 0.25) is 0 Å². The van der Waals surface area contributed by atoms with Crippen molar-refractivity contribution < 1.29 is 0 Å². The molecule has 5 nitrogen and oxygen atoms in total. The number of halogens is 1. The number of likely N-dealkylation sites (tertiary alicyclic amines) is 1. The Bertz CT molecular complexity index is 466. The van der Waals surface area contributed by atoms with Crippen molar-refractivity contribution in [2.75, 3.05) is 20.1 Å². The maximum absolute atomic E-state index is 4.46. The summed E-state index contributed by atoms with van der Waals surface area (Å²) in [5, 5.41) is 10.1. The fourth-order valence-corrected chi connectivity index (χ4v) is 3.30. The average Bonchev–Trinajstić information content (AvgIpc) is 2.89. The number of nitrogens with zero attached hydrogens (tertiary/aromatic N) is 3. The molecule has 2 heterocycles. The third-order valence-corrected chi connectivity index (χ3v) is 4.86. The molecule has 0 saturated carbocycles. The molecular formula is C15H28IN5S. The molecule has 7 heteroatoms. The average molecular weight is 437 g/mol. The van der Waals surface area contributed by atoms with Crippen LogP contribution >= 0.6 is 35.3 Å². The van der Waals surface area contributed by atoms with Crippen molar-refractivity contribution in [3.63, 3.8) is 0 Å². The SMILES string of the molecule is CN=C(NCc1nc(C)cs1)NC1CCN(C(C)C)CC1.I. The summed E-state index contributed by atoms with van der Waals surface area (Å²) in [6.45, 7) is 9.63. The molecule has 2 rings (SSSR count). The highest BCUT2D eigenvalue weighted by molar-refractivity contribution is 14.0. The quantitative estimate of drug-likeness (QED) is 0.432. The highest BCUT2D eigenvalue weighted by Gasteiger charge is 2.21. The summed E-state index contributed by atoms with van der Waals surface area (Å²) in [5.74, 6) is 0.880. The van der Waals surface area contributed by atoms with Gasteiger partial charge in [-0.15, -0.1) is 35.3 Å². The lowest BCUT2D eigenvalue weighted by Gasteiger charge is -2.35. The van der Waals surface area contributed by atoms with E-state index >= 15 is 0 Å². The molecule has 1 fully saturated rings. The first-order valence-electron chi connectivity index (χ1n) is 7.70. The van der Waals surface area contributed by atoms with Crippen molar-refractivity contribution in [1.29, 1.82) is 0 Å². The first-order valence-corrected chi connectivity index (χ1v) is 8.58. The predicted octanol–water partition coefficient (Wildman–Crippen LogP) is 2.61. The van der Waals surface area contributed by atoms with Gasteiger partial charge in [0.05, 0.1) is 6.54 Å². The molecule has 0 unspecified atom stereocenters. The van der Waals surface area contributed by atoms with Gasteiger partial charge in [-0.05, 0) is 33.6 Å². The van der Waals surface area contributed by atoms with E-state index in [4.69, 9.17) is 0 Å². The fourth-order valence-electron chi connectivity index (χ4n) is 2.59. The molecule has 1 aliphatic rings. The van der Waals surface area contributed by atoms with Gasteiger partial charge in [-0.2, -0.15) is 0 Å². The molecular weight excluding hydrogens is 409 g/mol. The Labute approximate surface area is 155 Å². The van der Waals surface area contributed by atoms with Crippen LogP contribution in [-0.2, 0) is 6.54 Å².